The fraction of sp³-hybridized carbons (Fsp3) is 0.179. The van der Waals surface area contributed by atoms with Crippen molar-refractivity contribution in [3.8, 4) is 17.2 Å². The standard InChI is InChI=1S/C17H18O4.C11H8N2O3S/c1-11-5-7-12(8-6-11)15(18)13-9-10-14(19-2)17(21-4)16(13)20-3;1-17(15,16)10-6-9(13-12)11(14)8-5-3-2-4-7(8)10/h5-10H,1-4H3;2-6H,1H3. The van der Waals surface area contributed by atoms with E-state index in [-0.39, 0.29) is 22.0 Å². The van der Waals surface area contributed by atoms with Crippen molar-refractivity contribution in [2.45, 2.75) is 6.92 Å². The molecule has 3 aromatic carbocycles. The highest BCUT2D eigenvalue weighted by Gasteiger charge is 2.33. The number of aryl methyl sites for hydroxylation is 1. The largest absolute Gasteiger partial charge is 0.493 e. The molecule has 1 aliphatic rings. The van der Waals surface area contributed by atoms with Crippen LogP contribution in [-0.4, -0.2) is 58.1 Å². The first kappa shape index (κ1) is 28.0. The molecule has 0 bridgehead atoms. The summed E-state index contributed by atoms with van der Waals surface area (Å²) in [5.74, 6) is 0.707. The molecule has 0 amide bonds. The second-order valence-corrected chi connectivity index (χ2v) is 10.2. The number of hydrogen-bond donors (Lipinski definition) is 0. The van der Waals surface area contributed by atoms with Crippen molar-refractivity contribution < 1.29 is 37.0 Å². The number of sulfone groups is 1. The summed E-state index contributed by atoms with van der Waals surface area (Å²) in [4.78, 5) is 27.2. The number of nitrogens with zero attached hydrogens (tertiary/aromatic N) is 2. The number of benzene rings is 3. The van der Waals surface area contributed by atoms with Crippen LogP contribution in [0.2, 0.25) is 0 Å². The van der Waals surface area contributed by atoms with Gasteiger partial charge >= 0.3 is 5.71 Å². The minimum Gasteiger partial charge on any atom is -0.493 e. The smallest absolute Gasteiger partial charge is 0.364 e. The van der Waals surface area contributed by atoms with E-state index < -0.39 is 15.6 Å². The minimum absolute atomic E-state index is 0.0134. The molecular formula is C28H26N2O7S. The van der Waals surface area contributed by atoms with E-state index in [1.54, 1.807) is 49.6 Å². The molecule has 0 saturated heterocycles. The number of hydrogen-bond acceptors (Lipinski definition) is 7. The third kappa shape index (κ3) is 5.72. The minimum atomic E-state index is -3.49. The van der Waals surface area contributed by atoms with E-state index in [0.29, 0.717) is 33.9 Å². The first-order valence-corrected chi connectivity index (χ1v) is 13.1. The number of rotatable bonds is 6. The first-order valence-electron chi connectivity index (χ1n) is 11.3. The van der Waals surface area contributed by atoms with E-state index in [2.05, 4.69) is 4.79 Å². The van der Waals surface area contributed by atoms with Crippen LogP contribution in [0.4, 0.5) is 0 Å². The van der Waals surface area contributed by atoms with Crippen molar-refractivity contribution in [1.82, 2.24) is 0 Å². The van der Waals surface area contributed by atoms with Gasteiger partial charge in [0, 0.05) is 22.9 Å². The zero-order valence-corrected chi connectivity index (χ0v) is 22.3. The van der Waals surface area contributed by atoms with Crippen LogP contribution in [0, 0.1) is 6.92 Å². The first-order chi connectivity index (χ1) is 18.1. The van der Waals surface area contributed by atoms with E-state index in [9.17, 15) is 18.0 Å². The van der Waals surface area contributed by atoms with Gasteiger partial charge in [-0.15, -0.1) is 0 Å². The lowest BCUT2D eigenvalue weighted by molar-refractivity contribution is -0.00437. The molecule has 10 heteroatoms. The average molecular weight is 535 g/mol. The van der Waals surface area contributed by atoms with Gasteiger partial charge in [0.2, 0.25) is 5.75 Å². The Bertz CT molecular complexity index is 1580. The molecule has 1 aliphatic carbocycles. The summed E-state index contributed by atoms with van der Waals surface area (Å²) in [6, 6.07) is 17.1. The van der Waals surface area contributed by atoms with Crippen LogP contribution in [0.15, 0.2) is 66.7 Å². The molecule has 38 heavy (non-hydrogen) atoms. The predicted octanol–water partition coefficient (Wildman–Crippen LogP) is 4.19. The predicted molar refractivity (Wildman–Crippen MR) is 143 cm³/mol. The van der Waals surface area contributed by atoms with E-state index >= 15 is 0 Å². The third-order valence-corrected chi connectivity index (χ3v) is 6.84. The number of fused-ring (bicyclic) bond motifs is 1. The van der Waals surface area contributed by atoms with Gasteiger partial charge in [-0.3, -0.25) is 9.59 Å². The summed E-state index contributed by atoms with van der Waals surface area (Å²) in [7, 11) is 1.07. The van der Waals surface area contributed by atoms with Crippen molar-refractivity contribution >= 4 is 32.0 Å². The summed E-state index contributed by atoms with van der Waals surface area (Å²) in [5.41, 5.74) is 11.1. The van der Waals surface area contributed by atoms with Gasteiger partial charge in [0.05, 0.1) is 37.9 Å². The zero-order chi connectivity index (χ0) is 28.0. The second kappa shape index (κ2) is 11.7. The lowest BCUT2D eigenvalue weighted by Crippen LogP contribution is -2.22. The maximum atomic E-state index is 12.6. The van der Waals surface area contributed by atoms with E-state index in [0.717, 1.165) is 17.9 Å². The van der Waals surface area contributed by atoms with E-state index in [4.69, 9.17) is 19.7 Å². The van der Waals surface area contributed by atoms with Gasteiger partial charge in [-0.2, -0.15) is 4.79 Å². The fourth-order valence-corrected chi connectivity index (χ4v) is 4.73. The van der Waals surface area contributed by atoms with Gasteiger partial charge in [0.1, 0.15) is 0 Å². The summed E-state index contributed by atoms with van der Waals surface area (Å²) in [6.45, 7) is 1.98. The molecule has 0 unspecified atom stereocenters. The van der Waals surface area contributed by atoms with Gasteiger partial charge in [0.25, 0.3) is 5.78 Å². The second-order valence-electron chi connectivity index (χ2n) is 8.22. The van der Waals surface area contributed by atoms with E-state index in [1.807, 2.05) is 19.1 Å². The number of methoxy groups -OCH3 is 3. The van der Waals surface area contributed by atoms with Crippen molar-refractivity contribution in [3.63, 3.8) is 0 Å². The zero-order valence-electron chi connectivity index (χ0n) is 21.5. The van der Waals surface area contributed by atoms with Gasteiger partial charge < -0.3 is 19.7 Å². The van der Waals surface area contributed by atoms with Crippen LogP contribution in [-0.2, 0) is 9.84 Å². The van der Waals surface area contributed by atoms with Crippen LogP contribution in [0.25, 0.3) is 10.4 Å². The third-order valence-electron chi connectivity index (χ3n) is 5.71. The molecule has 0 atom stereocenters. The van der Waals surface area contributed by atoms with Gasteiger partial charge in [-0.25, -0.2) is 8.42 Å². The Morgan fingerprint density at radius 1 is 0.842 bits per heavy atom. The number of Topliss-reactive ketones (excluding diaryl/α,β-unsaturated/α-hetero) is 1. The van der Waals surface area contributed by atoms with Crippen molar-refractivity contribution in [2.24, 2.45) is 0 Å². The molecule has 0 aliphatic heterocycles. The Morgan fingerprint density at radius 3 is 1.97 bits per heavy atom. The van der Waals surface area contributed by atoms with Gasteiger partial charge in [-0.1, -0.05) is 54.1 Å². The Labute approximate surface area is 220 Å². The van der Waals surface area contributed by atoms with Gasteiger partial charge in [0.15, 0.2) is 27.1 Å². The highest BCUT2D eigenvalue weighted by atomic mass is 32.2. The SMILES string of the molecule is COc1ccc(C(=O)c2ccc(C)cc2)c(OC)c1OC.CS(=O)(=O)C1=CC(=[N+]=[N-])C(=O)c2ccccc21. The van der Waals surface area contributed by atoms with Crippen LogP contribution >= 0.6 is 0 Å². The lowest BCUT2D eigenvalue weighted by Gasteiger charge is -2.15. The molecular weight excluding hydrogens is 508 g/mol. The maximum absolute atomic E-state index is 12.6. The quantitative estimate of drug-likeness (QED) is 0.263. The van der Waals surface area contributed by atoms with Crippen LogP contribution < -0.4 is 14.2 Å². The number of allylic oxidation sites excluding steroid dienone is 1. The number of ether oxygens (including phenoxy) is 3. The van der Waals surface area contributed by atoms with Crippen molar-refractivity contribution in [2.75, 3.05) is 27.6 Å². The molecule has 0 heterocycles. The Hall–Kier alpha value is -4.53. The average Bonchev–Trinajstić information content (AvgIpc) is 2.92. The molecule has 0 N–H and O–H groups in total. The topological polar surface area (TPSA) is 132 Å². The molecule has 0 radical (unpaired) electrons. The number of ketones is 2. The molecule has 0 saturated carbocycles. The normalized spacial score (nSPS) is 12.3. The van der Waals surface area contributed by atoms with E-state index in [1.165, 1.54) is 20.3 Å². The fourth-order valence-electron chi connectivity index (χ4n) is 3.82. The molecule has 9 nitrogen and oxygen atoms in total. The molecule has 0 spiro atoms. The summed E-state index contributed by atoms with van der Waals surface area (Å²) in [6.07, 6.45) is 2.13. The summed E-state index contributed by atoms with van der Waals surface area (Å²) < 4.78 is 39.1. The highest BCUT2D eigenvalue weighted by Crippen LogP contribution is 2.40. The number of carbonyl (C=O) groups is 2. The summed E-state index contributed by atoms with van der Waals surface area (Å²) >= 11 is 0. The highest BCUT2D eigenvalue weighted by molar-refractivity contribution is 8.00. The Kier molecular flexibility index (Phi) is 8.62. The molecule has 0 fully saturated rings. The maximum Gasteiger partial charge on any atom is 0.364 e. The molecule has 4 rings (SSSR count). The lowest BCUT2D eigenvalue weighted by atomic mass is 9.95. The summed E-state index contributed by atoms with van der Waals surface area (Å²) in [5, 5.41) is 0. The molecule has 3 aromatic rings. The van der Waals surface area contributed by atoms with Crippen LogP contribution in [0.3, 0.4) is 0 Å². The van der Waals surface area contributed by atoms with Crippen molar-refractivity contribution in [1.29, 1.82) is 0 Å². The van der Waals surface area contributed by atoms with Gasteiger partial charge in [-0.05, 0) is 19.1 Å². The molecule has 0 aromatic heterocycles. The molecule has 196 valence electrons. The Balaban J connectivity index is 0.000000215. The Morgan fingerprint density at radius 2 is 1.45 bits per heavy atom. The van der Waals surface area contributed by atoms with Crippen LogP contribution in [0.1, 0.15) is 37.4 Å². The number of carbonyl (C=O) groups excluding carboxylic acids is 2. The van der Waals surface area contributed by atoms with Crippen molar-refractivity contribution in [3.05, 3.63) is 100 Å². The van der Waals surface area contributed by atoms with Crippen LogP contribution in [0.5, 0.6) is 17.2 Å². The monoisotopic (exact) mass is 534 g/mol.